The highest BCUT2D eigenvalue weighted by atomic mass is 16.5. The van der Waals surface area contributed by atoms with Gasteiger partial charge in [-0.2, -0.15) is 0 Å². The average Bonchev–Trinajstić information content (AvgIpc) is 2.96. The van der Waals surface area contributed by atoms with Crippen molar-refractivity contribution in [3.05, 3.63) is 35.4 Å². The van der Waals surface area contributed by atoms with Crippen molar-refractivity contribution in [3.63, 3.8) is 0 Å². The molecule has 3 N–H and O–H groups in total. The van der Waals surface area contributed by atoms with E-state index in [9.17, 15) is 9.59 Å². The van der Waals surface area contributed by atoms with E-state index < -0.39 is 5.97 Å². The maximum Gasteiger partial charge on any atom is 0.335 e. The van der Waals surface area contributed by atoms with Gasteiger partial charge in [0.15, 0.2) is 0 Å². The number of hydrogen-bond acceptors (Lipinski definition) is 4. The molecule has 114 valence electrons. The molecule has 0 radical (unpaired) electrons. The van der Waals surface area contributed by atoms with E-state index in [4.69, 9.17) is 9.84 Å². The summed E-state index contributed by atoms with van der Waals surface area (Å²) in [4.78, 5) is 22.8. The maximum atomic E-state index is 12.0. The molecule has 6 heteroatoms. The van der Waals surface area contributed by atoms with E-state index in [1.54, 1.807) is 24.3 Å². The number of carbonyl (C=O) groups excluding carboxylic acids is 1. The number of rotatable bonds is 6. The molecular formula is C15H20N2O4. The molecule has 1 amide bonds. The molecule has 2 atom stereocenters. The maximum absolute atomic E-state index is 12.0. The zero-order valence-electron chi connectivity index (χ0n) is 12.0. The van der Waals surface area contributed by atoms with Crippen molar-refractivity contribution in [3.8, 4) is 0 Å². The zero-order valence-corrected chi connectivity index (χ0v) is 12.0. The number of carboxylic acids is 1. The normalized spacial score (nSPS) is 21.2. The molecule has 1 aromatic carbocycles. The monoisotopic (exact) mass is 292 g/mol. The number of aromatic carboxylic acids is 1. The summed E-state index contributed by atoms with van der Waals surface area (Å²) < 4.78 is 5.30. The van der Waals surface area contributed by atoms with Gasteiger partial charge in [0.1, 0.15) is 0 Å². The molecule has 2 rings (SSSR count). The molecule has 1 aliphatic heterocycles. The summed E-state index contributed by atoms with van der Waals surface area (Å²) in [5, 5.41) is 14.8. The van der Waals surface area contributed by atoms with Crippen molar-refractivity contribution in [2.45, 2.75) is 12.5 Å². The molecule has 0 aromatic heterocycles. The number of nitrogens with one attached hydrogen (secondary N) is 2. The minimum Gasteiger partial charge on any atom is -0.478 e. The summed E-state index contributed by atoms with van der Waals surface area (Å²) in [5.74, 6) is -1.09. The quantitative estimate of drug-likeness (QED) is 0.701. The van der Waals surface area contributed by atoms with Crippen LogP contribution in [0.2, 0.25) is 0 Å². The van der Waals surface area contributed by atoms with Gasteiger partial charge in [0, 0.05) is 12.6 Å². The Balaban J connectivity index is 1.78. The number of amides is 1. The van der Waals surface area contributed by atoms with Gasteiger partial charge in [-0.05, 0) is 31.2 Å². The van der Waals surface area contributed by atoms with E-state index in [1.165, 1.54) is 0 Å². The molecule has 1 heterocycles. The summed E-state index contributed by atoms with van der Waals surface area (Å²) >= 11 is 0. The van der Waals surface area contributed by atoms with E-state index in [1.807, 2.05) is 7.05 Å². The Labute approximate surface area is 123 Å². The lowest BCUT2D eigenvalue weighted by Crippen LogP contribution is -2.43. The Morgan fingerprint density at radius 1 is 1.29 bits per heavy atom. The third-order valence-corrected chi connectivity index (χ3v) is 3.70. The first-order valence-electron chi connectivity index (χ1n) is 6.96. The van der Waals surface area contributed by atoms with Gasteiger partial charge in [0.25, 0.3) is 0 Å². The van der Waals surface area contributed by atoms with Crippen molar-refractivity contribution in [1.82, 2.24) is 10.6 Å². The molecule has 1 aliphatic rings. The van der Waals surface area contributed by atoms with E-state index >= 15 is 0 Å². The van der Waals surface area contributed by atoms with E-state index in [2.05, 4.69) is 10.6 Å². The van der Waals surface area contributed by atoms with E-state index in [0.29, 0.717) is 26.2 Å². The molecule has 0 saturated carbocycles. The highest BCUT2D eigenvalue weighted by Crippen LogP contribution is 2.13. The highest BCUT2D eigenvalue weighted by molar-refractivity contribution is 5.87. The smallest absolute Gasteiger partial charge is 0.335 e. The largest absolute Gasteiger partial charge is 0.478 e. The van der Waals surface area contributed by atoms with Crippen molar-refractivity contribution >= 4 is 11.9 Å². The van der Waals surface area contributed by atoms with Crippen LogP contribution in [-0.4, -0.2) is 49.8 Å². The third-order valence-electron chi connectivity index (χ3n) is 3.70. The van der Waals surface area contributed by atoms with Crippen LogP contribution in [0.5, 0.6) is 0 Å². The van der Waals surface area contributed by atoms with Crippen LogP contribution in [0.3, 0.4) is 0 Å². The van der Waals surface area contributed by atoms with Gasteiger partial charge >= 0.3 is 5.97 Å². The Hall–Kier alpha value is -1.92. The molecule has 21 heavy (non-hydrogen) atoms. The van der Waals surface area contributed by atoms with Gasteiger partial charge in [0.2, 0.25) is 5.91 Å². The molecule has 0 spiro atoms. The predicted molar refractivity (Wildman–Crippen MR) is 77.3 cm³/mol. The van der Waals surface area contributed by atoms with Gasteiger partial charge in [-0.3, -0.25) is 4.79 Å². The summed E-state index contributed by atoms with van der Waals surface area (Å²) in [5.41, 5.74) is 1.26. The fraction of sp³-hybridized carbons (Fsp3) is 0.467. The second kappa shape index (κ2) is 7.19. The number of carbonyl (C=O) groups is 2. The number of benzene rings is 1. The Morgan fingerprint density at radius 3 is 2.62 bits per heavy atom. The molecule has 0 aliphatic carbocycles. The summed E-state index contributed by atoms with van der Waals surface area (Å²) in [6, 6.07) is 6.75. The molecule has 0 bridgehead atoms. The number of ether oxygens (including phenoxy) is 1. The van der Waals surface area contributed by atoms with E-state index in [-0.39, 0.29) is 23.4 Å². The summed E-state index contributed by atoms with van der Waals surface area (Å²) in [7, 11) is 1.82. The van der Waals surface area contributed by atoms with Gasteiger partial charge < -0.3 is 20.5 Å². The lowest BCUT2D eigenvalue weighted by Gasteiger charge is -2.16. The predicted octanol–water partition coefficient (Wildman–Crippen LogP) is 0.278. The lowest BCUT2D eigenvalue weighted by atomic mass is 10.0. The first kappa shape index (κ1) is 15.5. The molecular weight excluding hydrogens is 272 g/mol. The van der Waals surface area contributed by atoms with Gasteiger partial charge in [0.05, 0.1) is 24.7 Å². The summed E-state index contributed by atoms with van der Waals surface area (Å²) in [6.07, 6.45) is 0.670. The number of hydrogen-bond donors (Lipinski definition) is 3. The molecule has 6 nitrogen and oxygen atoms in total. The first-order valence-corrected chi connectivity index (χ1v) is 6.96. The minimum atomic E-state index is -0.936. The Kier molecular flexibility index (Phi) is 5.30. The molecule has 1 aromatic rings. The van der Waals surface area contributed by atoms with Crippen molar-refractivity contribution in [2.75, 3.05) is 26.8 Å². The van der Waals surface area contributed by atoms with Crippen LogP contribution in [-0.2, 0) is 16.0 Å². The fourth-order valence-corrected chi connectivity index (χ4v) is 2.37. The first-order chi connectivity index (χ1) is 10.1. The van der Waals surface area contributed by atoms with Gasteiger partial charge in [-0.15, -0.1) is 0 Å². The van der Waals surface area contributed by atoms with Gasteiger partial charge in [-0.1, -0.05) is 12.1 Å². The Morgan fingerprint density at radius 2 is 2.00 bits per heavy atom. The number of likely N-dealkylation sites (N-methyl/N-ethyl adjacent to an activating group) is 1. The van der Waals surface area contributed by atoms with Crippen molar-refractivity contribution < 1.29 is 19.4 Å². The van der Waals surface area contributed by atoms with Crippen LogP contribution >= 0.6 is 0 Å². The van der Waals surface area contributed by atoms with Crippen LogP contribution in [0.1, 0.15) is 15.9 Å². The topological polar surface area (TPSA) is 87.7 Å². The summed E-state index contributed by atoms with van der Waals surface area (Å²) in [6.45, 7) is 1.54. The number of carboxylic acid groups (broad SMARTS) is 1. The van der Waals surface area contributed by atoms with Crippen LogP contribution in [0.25, 0.3) is 0 Å². The molecule has 2 unspecified atom stereocenters. The molecule has 1 saturated heterocycles. The van der Waals surface area contributed by atoms with Crippen LogP contribution in [0.4, 0.5) is 0 Å². The van der Waals surface area contributed by atoms with Crippen LogP contribution in [0, 0.1) is 5.92 Å². The fourth-order valence-electron chi connectivity index (χ4n) is 2.37. The average molecular weight is 292 g/mol. The minimum absolute atomic E-state index is 0.00555. The lowest BCUT2D eigenvalue weighted by molar-refractivity contribution is -0.125. The third kappa shape index (κ3) is 4.03. The zero-order chi connectivity index (χ0) is 15.2. The Bertz CT molecular complexity index is 501. The SMILES string of the molecule is CNC1COCC1C(=O)NCCc1ccc(C(=O)O)cc1. The van der Waals surface area contributed by atoms with Crippen molar-refractivity contribution in [1.29, 1.82) is 0 Å². The second-order valence-electron chi connectivity index (χ2n) is 5.08. The highest BCUT2D eigenvalue weighted by Gasteiger charge is 2.32. The van der Waals surface area contributed by atoms with Gasteiger partial charge in [-0.25, -0.2) is 4.79 Å². The van der Waals surface area contributed by atoms with Crippen LogP contribution in [0.15, 0.2) is 24.3 Å². The van der Waals surface area contributed by atoms with Crippen molar-refractivity contribution in [2.24, 2.45) is 5.92 Å². The second-order valence-corrected chi connectivity index (χ2v) is 5.08. The standard InChI is InChI=1S/C15H20N2O4/c1-16-13-9-21-8-12(13)14(18)17-7-6-10-2-4-11(5-3-10)15(19)20/h2-5,12-13,16H,6-9H2,1H3,(H,17,18)(H,19,20). The molecule has 1 fully saturated rings. The van der Waals surface area contributed by atoms with E-state index in [0.717, 1.165) is 5.56 Å². The van der Waals surface area contributed by atoms with Crippen LogP contribution < -0.4 is 10.6 Å².